The molecule has 0 amide bonds. The van der Waals surface area contributed by atoms with Crippen LogP contribution in [0.25, 0.3) is 0 Å². The van der Waals surface area contributed by atoms with Crippen molar-refractivity contribution in [3.63, 3.8) is 0 Å². The molecule has 5 heteroatoms. The number of hydrogen-bond acceptors (Lipinski definition) is 4. The molecule has 1 aliphatic carbocycles. The van der Waals surface area contributed by atoms with Crippen molar-refractivity contribution in [2.24, 2.45) is 7.05 Å². The van der Waals surface area contributed by atoms with Crippen molar-refractivity contribution in [1.29, 1.82) is 0 Å². The van der Waals surface area contributed by atoms with Gasteiger partial charge in [0.05, 0.1) is 17.4 Å². The van der Waals surface area contributed by atoms with E-state index in [0.717, 1.165) is 31.6 Å². The molecule has 1 aliphatic rings. The summed E-state index contributed by atoms with van der Waals surface area (Å²) in [5.41, 5.74) is 0.697. The number of rotatable bonds is 5. The number of nitrogens with zero attached hydrogens (tertiary/aromatic N) is 4. The van der Waals surface area contributed by atoms with Crippen LogP contribution in [0.3, 0.4) is 0 Å². The van der Waals surface area contributed by atoms with Crippen molar-refractivity contribution in [2.45, 2.75) is 51.2 Å². The molecule has 1 N–H and O–H groups in total. The first kappa shape index (κ1) is 13.5. The molecule has 0 radical (unpaired) electrons. The smallest absolute Gasteiger partial charge is 0.116 e. The van der Waals surface area contributed by atoms with Crippen LogP contribution in [-0.2, 0) is 7.05 Å². The van der Waals surface area contributed by atoms with E-state index in [2.05, 4.69) is 29.1 Å². The van der Waals surface area contributed by atoms with Gasteiger partial charge in [0.2, 0.25) is 0 Å². The van der Waals surface area contributed by atoms with Gasteiger partial charge < -0.3 is 5.11 Å². The van der Waals surface area contributed by atoms with Crippen LogP contribution in [0.4, 0.5) is 0 Å². The molecule has 0 saturated heterocycles. The Morgan fingerprint density at radius 2 is 2.00 bits per heavy atom. The second-order valence-electron chi connectivity index (χ2n) is 5.17. The van der Waals surface area contributed by atoms with E-state index >= 15 is 0 Å². The molecule has 0 spiro atoms. The van der Waals surface area contributed by atoms with Gasteiger partial charge in [-0.3, -0.25) is 4.90 Å². The summed E-state index contributed by atoms with van der Waals surface area (Å²) in [6.45, 7) is 6.27. The number of hydrogen-bond donors (Lipinski definition) is 1. The second-order valence-corrected chi connectivity index (χ2v) is 5.17. The SMILES string of the molecule is CCN(CC)C1(C(O)c2cnnn2C)CCCC1. The highest BCUT2D eigenvalue weighted by Crippen LogP contribution is 2.44. The molecule has 1 heterocycles. The molecule has 18 heavy (non-hydrogen) atoms. The number of aliphatic hydroxyl groups excluding tert-OH is 1. The summed E-state index contributed by atoms with van der Waals surface area (Å²) in [5, 5.41) is 18.7. The van der Waals surface area contributed by atoms with E-state index in [1.165, 1.54) is 12.8 Å². The fraction of sp³-hybridized carbons (Fsp3) is 0.846. The van der Waals surface area contributed by atoms with E-state index in [0.29, 0.717) is 0 Å². The molecular weight excluding hydrogens is 228 g/mol. The van der Waals surface area contributed by atoms with Gasteiger partial charge in [-0.25, -0.2) is 4.68 Å². The molecule has 2 rings (SSSR count). The molecule has 1 unspecified atom stereocenters. The lowest BCUT2D eigenvalue weighted by Crippen LogP contribution is -2.51. The highest BCUT2D eigenvalue weighted by Gasteiger charge is 2.46. The Kier molecular flexibility index (Phi) is 4.02. The topological polar surface area (TPSA) is 54.2 Å². The molecule has 0 bridgehead atoms. The van der Waals surface area contributed by atoms with Crippen LogP contribution in [0.15, 0.2) is 6.20 Å². The summed E-state index contributed by atoms with van der Waals surface area (Å²) in [7, 11) is 1.84. The van der Waals surface area contributed by atoms with Crippen molar-refractivity contribution >= 4 is 0 Å². The maximum absolute atomic E-state index is 10.8. The summed E-state index contributed by atoms with van der Waals surface area (Å²) in [6, 6.07) is 0. The van der Waals surface area contributed by atoms with E-state index < -0.39 is 6.10 Å². The summed E-state index contributed by atoms with van der Waals surface area (Å²) >= 11 is 0. The molecule has 0 aliphatic heterocycles. The van der Waals surface area contributed by atoms with E-state index in [-0.39, 0.29) is 5.54 Å². The van der Waals surface area contributed by atoms with Gasteiger partial charge in [0.1, 0.15) is 6.10 Å². The molecule has 5 nitrogen and oxygen atoms in total. The number of aryl methyl sites for hydroxylation is 1. The fourth-order valence-corrected chi connectivity index (χ4v) is 3.42. The molecule has 1 atom stereocenters. The monoisotopic (exact) mass is 252 g/mol. The third kappa shape index (κ3) is 2.06. The van der Waals surface area contributed by atoms with Crippen molar-refractivity contribution in [2.75, 3.05) is 13.1 Å². The van der Waals surface area contributed by atoms with Crippen molar-refractivity contribution < 1.29 is 5.11 Å². The highest BCUT2D eigenvalue weighted by atomic mass is 16.3. The minimum atomic E-state index is -0.500. The van der Waals surface area contributed by atoms with Gasteiger partial charge in [-0.15, -0.1) is 5.10 Å². The van der Waals surface area contributed by atoms with Crippen LogP contribution in [0.5, 0.6) is 0 Å². The van der Waals surface area contributed by atoms with Crippen LogP contribution >= 0.6 is 0 Å². The van der Waals surface area contributed by atoms with Gasteiger partial charge in [-0.05, 0) is 25.9 Å². The average molecular weight is 252 g/mol. The molecule has 0 aromatic carbocycles. The maximum atomic E-state index is 10.8. The summed E-state index contributed by atoms with van der Waals surface area (Å²) in [5.74, 6) is 0. The van der Waals surface area contributed by atoms with Gasteiger partial charge >= 0.3 is 0 Å². The lowest BCUT2D eigenvalue weighted by atomic mass is 9.86. The number of aliphatic hydroxyl groups is 1. The largest absolute Gasteiger partial charge is 0.385 e. The molecule has 1 aromatic rings. The second kappa shape index (κ2) is 5.36. The Bertz CT molecular complexity index is 380. The fourth-order valence-electron chi connectivity index (χ4n) is 3.42. The Morgan fingerprint density at radius 1 is 1.39 bits per heavy atom. The van der Waals surface area contributed by atoms with Gasteiger partial charge in [-0.2, -0.15) is 0 Å². The van der Waals surface area contributed by atoms with E-state index in [1.807, 2.05) is 7.05 Å². The maximum Gasteiger partial charge on any atom is 0.116 e. The average Bonchev–Trinajstić information content (AvgIpc) is 3.00. The Hall–Kier alpha value is -0.940. The Balaban J connectivity index is 2.33. The minimum Gasteiger partial charge on any atom is -0.385 e. The minimum absolute atomic E-state index is 0.126. The van der Waals surface area contributed by atoms with E-state index in [9.17, 15) is 5.11 Å². The van der Waals surface area contributed by atoms with Crippen LogP contribution in [0.2, 0.25) is 0 Å². The molecule has 1 aromatic heterocycles. The van der Waals surface area contributed by atoms with Gasteiger partial charge in [0.25, 0.3) is 0 Å². The summed E-state index contributed by atoms with van der Waals surface area (Å²) in [4.78, 5) is 2.40. The summed E-state index contributed by atoms with van der Waals surface area (Å²) < 4.78 is 1.69. The highest BCUT2D eigenvalue weighted by molar-refractivity contribution is 5.11. The Labute approximate surface area is 109 Å². The lowest BCUT2D eigenvalue weighted by molar-refractivity contribution is -0.0308. The van der Waals surface area contributed by atoms with Gasteiger partial charge in [0, 0.05) is 7.05 Å². The number of likely N-dealkylation sites (N-methyl/N-ethyl adjacent to an activating group) is 1. The first-order valence-electron chi connectivity index (χ1n) is 6.93. The number of aromatic nitrogens is 3. The molecule has 102 valence electrons. The quantitative estimate of drug-likeness (QED) is 0.863. The van der Waals surface area contributed by atoms with Gasteiger partial charge in [-0.1, -0.05) is 31.9 Å². The zero-order valence-corrected chi connectivity index (χ0v) is 11.6. The summed E-state index contributed by atoms with van der Waals surface area (Å²) in [6.07, 6.45) is 5.69. The molecule has 1 fully saturated rings. The Morgan fingerprint density at radius 3 is 2.44 bits per heavy atom. The van der Waals surface area contributed by atoms with Crippen LogP contribution < -0.4 is 0 Å². The normalized spacial score (nSPS) is 20.5. The first-order valence-corrected chi connectivity index (χ1v) is 6.93. The third-order valence-electron chi connectivity index (χ3n) is 4.40. The standard InChI is InChI=1S/C13H24N4O/c1-4-17(5-2)13(8-6-7-9-13)12(18)11-10-14-15-16(11)3/h10,12,18H,4-9H2,1-3H3. The van der Waals surface area contributed by atoms with Crippen molar-refractivity contribution in [1.82, 2.24) is 19.9 Å². The van der Waals surface area contributed by atoms with Crippen molar-refractivity contribution in [3.05, 3.63) is 11.9 Å². The van der Waals surface area contributed by atoms with Crippen molar-refractivity contribution in [3.8, 4) is 0 Å². The van der Waals surface area contributed by atoms with Crippen LogP contribution in [0, 0.1) is 0 Å². The van der Waals surface area contributed by atoms with Gasteiger partial charge in [0.15, 0.2) is 0 Å². The molecular formula is C13H24N4O. The first-order chi connectivity index (χ1) is 8.65. The lowest BCUT2D eigenvalue weighted by Gasteiger charge is -2.43. The van der Waals surface area contributed by atoms with E-state index in [4.69, 9.17) is 0 Å². The predicted molar refractivity (Wildman–Crippen MR) is 70.1 cm³/mol. The zero-order chi connectivity index (χ0) is 13.2. The third-order valence-corrected chi connectivity index (χ3v) is 4.40. The van der Waals surface area contributed by atoms with Crippen LogP contribution in [-0.4, -0.2) is 43.6 Å². The van der Waals surface area contributed by atoms with E-state index in [1.54, 1.807) is 10.9 Å². The molecule has 1 saturated carbocycles. The zero-order valence-electron chi connectivity index (χ0n) is 11.6. The predicted octanol–water partition coefficient (Wildman–Crippen LogP) is 1.50. The van der Waals surface area contributed by atoms with Crippen LogP contribution in [0.1, 0.15) is 51.3 Å².